The number of hydrogen-bond donors (Lipinski definition) is 1. The van der Waals surface area contributed by atoms with Crippen LogP contribution in [-0.2, 0) is 13.0 Å². The van der Waals surface area contributed by atoms with Gasteiger partial charge in [0.05, 0.1) is 10.7 Å². The van der Waals surface area contributed by atoms with Gasteiger partial charge in [0.25, 0.3) is 0 Å². The molecule has 7 nitrogen and oxygen atoms in total. The molecule has 0 bridgehead atoms. The molecule has 2 aliphatic heterocycles. The number of fused-ring (bicyclic) bond motifs is 1. The van der Waals surface area contributed by atoms with Gasteiger partial charge in [-0.15, -0.1) is 0 Å². The average molecular weight is 470 g/mol. The summed E-state index contributed by atoms with van der Waals surface area (Å²) in [5.74, 6) is 3.10. The van der Waals surface area contributed by atoms with E-state index in [0.717, 1.165) is 80.7 Å². The van der Waals surface area contributed by atoms with E-state index in [2.05, 4.69) is 49.9 Å². The third-order valence-electron chi connectivity index (χ3n) is 6.56. The summed E-state index contributed by atoms with van der Waals surface area (Å²) in [5.41, 5.74) is 2.92. The van der Waals surface area contributed by atoms with Crippen molar-refractivity contribution < 1.29 is 4.39 Å². The van der Waals surface area contributed by atoms with E-state index in [-0.39, 0.29) is 5.02 Å². The van der Waals surface area contributed by atoms with Crippen molar-refractivity contribution in [3.63, 3.8) is 0 Å². The van der Waals surface area contributed by atoms with Crippen LogP contribution in [0, 0.1) is 5.82 Å². The lowest BCUT2D eigenvalue weighted by Crippen LogP contribution is -2.35. The van der Waals surface area contributed by atoms with E-state index in [4.69, 9.17) is 16.6 Å². The highest BCUT2D eigenvalue weighted by Gasteiger charge is 2.28. The minimum atomic E-state index is -0.411. The monoisotopic (exact) mass is 469 g/mol. The van der Waals surface area contributed by atoms with E-state index >= 15 is 0 Å². The van der Waals surface area contributed by atoms with Gasteiger partial charge in [0.15, 0.2) is 0 Å². The molecular weight excluding hydrogens is 441 g/mol. The van der Waals surface area contributed by atoms with Crippen molar-refractivity contribution in [3.05, 3.63) is 53.0 Å². The van der Waals surface area contributed by atoms with Gasteiger partial charge in [-0.25, -0.2) is 19.3 Å². The summed E-state index contributed by atoms with van der Waals surface area (Å²) in [6.07, 6.45) is 6.73. The van der Waals surface area contributed by atoms with Gasteiger partial charge in [-0.1, -0.05) is 11.6 Å². The largest absolute Gasteiger partial charge is 0.369 e. The SMILES string of the molecule is CN(C)CCn1cc(-c2ccc(F)c(Cl)c2)nc1C1CCN(c2ncnc3c2CCN3)CC1. The van der Waals surface area contributed by atoms with Gasteiger partial charge in [-0.2, -0.15) is 0 Å². The Morgan fingerprint density at radius 2 is 2.03 bits per heavy atom. The number of piperidine rings is 1. The number of benzene rings is 1. The zero-order valence-electron chi connectivity index (χ0n) is 19.1. The lowest BCUT2D eigenvalue weighted by Gasteiger charge is -2.33. The molecule has 2 aromatic heterocycles. The highest BCUT2D eigenvalue weighted by Crippen LogP contribution is 2.35. The summed E-state index contributed by atoms with van der Waals surface area (Å²) in [4.78, 5) is 18.5. The molecule has 0 spiro atoms. The van der Waals surface area contributed by atoms with Gasteiger partial charge in [0, 0.05) is 56.0 Å². The molecular formula is C24H29ClFN7. The Labute approximate surface area is 198 Å². The van der Waals surface area contributed by atoms with E-state index in [0.29, 0.717) is 5.92 Å². The number of aromatic nitrogens is 4. The van der Waals surface area contributed by atoms with Crippen LogP contribution in [0.4, 0.5) is 16.0 Å². The van der Waals surface area contributed by atoms with Crippen LogP contribution in [-0.4, -0.2) is 64.7 Å². The van der Waals surface area contributed by atoms with Gasteiger partial charge < -0.3 is 19.7 Å². The second-order valence-electron chi connectivity index (χ2n) is 9.07. The van der Waals surface area contributed by atoms with E-state index < -0.39 is 5.82 Å². The zero-order valence-corrected chi connectivity index (χ0v) is 19.8. The molecule has 3 aromatic rings. The number of likely N-dealkylation sites (N-methyl/N-ethyl adjacent to an activating group) is 1. The Hall–Kier alpha value is -2.71. The Balaban J connectivity index is 1.37. The first-order valence-corrected chi connectivity index (χ1v) is 11.9. The van der Waals surface area contributed by atoms with Crippen LogP contribution in [0.15, 0.2) is 30.7 Å². The first kappa shape index (κ1) is 22.1. The number of anilines is 2. The van der Waals surface area contributed by atoms with Gasteiger partial charge >= 0.3 is 0 Å². The third kappa shape index (κ3) is 4.54. The molecule has 33 heavy (non-hydrogen) atoms. The van der Waals surface area contributed by atoms with Crippen molar-refractivity contribution in [3.8, 4) is 11.3 Å². The summed E-state index contributed by atoms with van der Waals surface area (Å²) < 4.78 is 15.9. The van der Waals surface area contributed by atoms with Crippen LogP contribution in [0.25, 0.3) is 11.3 Å². The lowest BCUT2D eigenvalue weighted by molar-refractivity contribution is 0.372. The quantitative estimate of drug-likeness (QED) is 0.587. The molecule has 174 valence electrons. The predicted molar refractivity (Wildman–Crippen MR) is 130 cm³/mol. The Morgan fingerprint density at radius 3 is 2.79 bits per heavy atom. The highest BCUT2D eigenvalue weighted by atomic mass is 35.5. The molecule has 9 heteroatoms. The number of nitrogens with one attached hydrogen (secondary N) is 1. The van der Waals surface area contributed by atoms with Crippen LogP contribution in [0.2, 0.25) is 5.02 Å². The molecule has 0 amide bonds. The van der Waals surface area contributed by atoms with Crippen molar-refractivity contribution >= 4 is 23.2 Å². The van der Waals surface area contributed by atoms with Crippen LogP contribution in [0.5, 0.6) is 0 Å². The summed E-state index contributed by atoms with van der Waals surface area (Å²) >= 11 is 6.04. The van der Waals surface area contributed by atoms with Crippen LogP contribution < -0.4 is 10.2 Å². The van der Waals surface area contributed by atoms with Crippen molar-refractivity contribution in [2.24, 2.45) is 0 Å². The molecule has 0 saturated carbocycles. The molecule has 1 aromatic carbocycles. The minimum absolute atomic E-state index is 0.122. The van der Waals surface area contributed by atoms with Gasteiger partial charge in [-0.3, -0.25) is 0 Å². The first-order valence-electron chi connectivity index (χ1n) is 11.5. The maximum absolute atomic E-state index is 13.7. The smallest absolute Gasteiger partial charge is 0.141 e. The molecule has 1 saturated heterocycles. The number of hydrogen-bond acceptors (Lipinski definition) is 6. The van der Waals surface area contributed by atoms with Crippen molar-refractivity contribution in [1.82, 2.24) is 24.4 Å². The number of imidazole rings is 1. The van der Waals surface area contributed by atoms with E-state index in [9.17, 15) is 4.39 Å². The zero-order chi connectivity index (χ0) is 22.9. The van der Waals surface area contributed by atoms with Crippen LogP contribution >= 0.6 is 11.6 Å². The van der Waals surface area contributed by atoms with Crippen molar-refractivity contribution in [2.45, 2.75) is 31.7 Å². The maximum atomic E-state index is 13.7. The van der Waals surface area contributed by atoms with E-state index in [1.54, 1.807) is 18.5 Å². The van der Waals surface area contributed by atoms with Gasteiger partial charge in [0.1, 0.15) is 29.6 Å². The Morgan fingerprint density at radius 1 is 1.21 bits per heavy atom. The molecule has 0 unspecified atom stereocenters. The maximum Gasteiger partial charge on any atom is 0.141 e. The minimum Gasteiger partial charge on any atom is -0.369 e. The molecule has 1 fully saturated rings. The topological polar surface area (TPSA) is 62.1 Å². The van der Waals surface area contributed by atoms with Crippen LogP contribution in [0.3, 0.4) is 0 Å². The summed E-state index contributed by atoms with van der Waals surface area (Å²) in [6.45, 7) is 4.58. The summed E-state index contributed by atoms with van der Waals surface area (Å²) in [7, 11) is 4.15. The number of nitrogens with zero attached hydrogens (tertiary/aromatic N) is 6. The lowest BCUT2D eigenvalue weighted by atomic mass is 9.95. The summed E-state index contributed by atoms with van der Waals surface area (Å²) in [5, 5.41) is 3.46. The number of rotatable bonds is 6. The summed E-state index contributed by atoms with van der Waals surface area (Å²) in [6, 6.07) is 4.81. The van der Waals surface area contributed by atoms with E-state index in [1.165, 1.54) is 11.6 Å². The van der Waals surface area contributed by atoms with Gasteiger partial charge in [-0.05, 0) is 51.6 Å². The van der Waals surface area contributed by atoms with E-state index in [1.807, 2.05) is 0 Å². The molecule has 4 heterocycles. The molecule has 0 atom stereocenters. The molecule has 0 radical (unpaired) electrons. The second-order valence-corrected chi connectivity index (χ2v) is 9.48. The fraction of sp³-hybridized carbons (Fsp3) is 0.458. The molecule has 5 rings (SSSR count). The molecule has 2 aliphatic rings. The van der Waals surface area contributed by atoms with Crippen molar-refractivity contribution in [1.29, 1.82) is 0 Å². The fourth-order valence-electron chi connectivity index (χ4n) is 4.75. The normalized spacial score (nSPS) is 16.3. The predicted octanol–water partition coefficient (Wildman–Crippen LogP) is 4.05. The first-order chi connectivity index (χ1) is 16.0. The Kier molecular flexibility index (Phi) is 6.21. The highest BCUT2D eigenvalue weighted by molar-refractivity contribution is 6.31. The standard InChI is InChI=1S/C24H29ClFN7/c1-31(2)11-12-33-14-21(17-3-4-20(26)19(25)13-17)30-23(33)16-6-9-32(10-7-16)24-18-5-8-27-22(18)28-15-29-24/h3-4,13-16H,5-12H2,1-2H3,(H,27,28,29). The second kappa shape index (κ2) is 9.27. The third-order valence-corrected chi connectivity index (χ3v) is 6.85. The van der Waals surface area contributed by atoms with Gasteiger partial charge in [0.2, 0.25) is 0 Å². The number of halogens is 2. The average Bonchev–Trinajstić information content (AvgIpc) is 3.47. The van der Waals surface area contributed by atoms with Crippen molar-refractivity contribution in [2.75, 3.05) is 50.5 Å². The Bertz CT molecular complexity index is 1140. The molecule has 1 N–H and O–H groups in total. The fourth-order valence-corrected chi connectivity index (χ4v) is 4.93. The molecule has 0 aliphatic carbocycles. The van der Waals surface area contributed by atoms with Crippen LogP contribution in [0.1, 0.15) is 30.1 Å².